The highest BCUT2D eigenvalue weighted by Gasteiger charge is 2.13. The predicted molar refractivity (Wildman–Crippen MR) is 126 cm³/mol. The second-order valence-corrected chi connectivity index (χ2v) is 8.21. The SMILES string of the molecule is C#C.N/C=N\C(=S)NSc1cc(Br)c(NCCCCNC2CCCC2)cc1F. The van der Waals surface area contributed by atoms with Crippen LogP contribution in [0.5, 0.6) is 0 Å². The van der Waals surface area contributed by atoms with Gasteiger partial charge in [0.25, 0.3) is 0 Å². The lowest BCUT2D eigenvalue weighted by molar-refractivity contribution is 0.510. The van der Waals surface area contributed by atoms with Crippen LogP contribution in [-0.2, 0) is 0 Å². The molecule has 1 aromatic carbocycles. The van der Waals surface area contributed by atoms with Crippen molar-refractivity contribution in [1.82, 2.24) is 10.0 Å². The van der Waals surface area contributed by atoms with E-state index in [2.05, 4.69) is 49.1 Å². The van der Waals surface area contributed by atoms with Crippen LogP contribution in [0.1, 0.15) is 38.5 Å². The maximum atomic E-state index is 14.2. The minimum Gasteiger partial charge on any atom is -0.390 e. The Balaban J connectivity index is 0.00000190. The fourth-order valence-electron chi connectivity index (χ4n) is 2.84. The van der Waals surface area contributed by atoms with Crippen LogP contribution in [0.25, 0.3) is 0 Å². The van der Waals surface area contributed by atoms with E-state index >= 15 is 0 Å². The van der Waals surface area contributed by atoms with Gasteiger partial charge in [0.2, 0.25) is 5.11 Å². The van der Waals surface area contributed by atoms with Crippen LogP contribution in [0.15, 0.2) is 26.5 Å². The first-order chi connectivity index (χ1) is 13.6. The summed E-state index contributed by atoms with van der Waals surface area (Å²) in [6.45, 7) is 1.86. The maximum Gasteiger partial charge on any atom is 0.204 e. The van der Waals surface area contributed by atoms with Crippen molar-refractivity contribution in [2.45, 2.75) is 49.5 Å². The summed E-state index contributed by atoms with van der Waals surface area (Å²) in [5.74, 6) is -0.323. The third-order valence-electron chi connectivity index (χ3n) is 4.17. The van der Waals surface area contributed by atoms with Crippen LogP contribution in [0.4, 0.5) is 10.1 Å². The lowest BCUT2D eigenvalue weighted by atomic mass is 10.2. The van der Waals surface area contributed by atoms with E-state index in [4.69, 9.17) is 18.0 Å². The van der Waals surface area contributed by atoms with Gasteiger partial charge in [0.15, 0.2) is 0 Å². The molecule has 5 N–H and O–H groups in total. The molecular weight excluding hydrogens is 461 g/mol. The van der Waals surface area contributed by atoms with Crippen LogP contribution in [0.2, 0.25) is 0 Å². The van der Waals surface area contributed by atoms with Crippen molar-refractivity contribution < 1.29 is 4.39 Å². The van der Waals surface area contributed by atoms with Crippen molar-refractivity contribution in [3.8, 4) is 12.8 Å². The summed E-state index contributed by atoms with van der Waals surface area (Å²) >= 11 is 9.46. The zero-order valence-electron chi connectivity index (χ0n) is 15.7. The second kappa shape index (κ2) is 14.6. The average molecular weight is 488 g/mol. The van der Waals surface area contributed by atoms with Crippen molar-refractivity contribution in [3.63, 3.8) is 0 Å². The van der Waals surface area contributed by atoms with E-state index in [0.29, 0.717) is 10.9 Å². The van der Waals surface area contributed by atoms with Gasteiger partial charge in [0, 0.05) is 17.1 Å². The third kappa shape index (κ3) is 9.24. The number of terminal acetylenes is 1. The molecule has 5 nitrogen and oxygen atoms in total. The minimum absolute atomic E-state index is 0.196. The quantitative estimate of drug-likeness (QED) is 0.103. The molecule has 1 aromatic rings. The van der Waals surface area contributed by atoms with Crippen LogP contribution >= 0.6 is 40.1 Å². The van der Waals surface area contributed by atoms with Gasteiger partial charge < -0.3 is 21.1 Å². The molecule has 0 amide bonds. The Morgan fingerprint density at radius 2 is 2.00 bits per heavy atom. The Hall–Kier alpha value is -1.34. The molecule has 0 aromatic heterocycles. The number of unbranched alkanes of at least 4 members (excludes halogenated alkanes) is 1. The zero-order chi connectivity index (χ0) is 20.8. The van der Waals surface area contributed by atoms with Crippen LogP contribution in [0.3, 0.4) is 0 Å². The molecule has 0 aliphatic heterocycles. The second-order valence-electron chi connectivity index (χ2n) is 6.12. The van der Waals surface area contributed by atoms with Gasteiger partial charge in [-0.2, -0.15) is 0 Å². The smallest absolute Gasteiger partial charge is 0.204 e. The van der Waals surface area contributed by atoms with Crippen molar-refractivity contribution >= 4 is 57.2 Å². The summed E-state index contributed by atoms with van der Waals surface area (Å²) in [7, 11) is 0. The molecular formula is C19H27BrFN5S2. The Morgan fingerprint density at radius 1 is 1.32 bits per heavy atom. The van der Waals surface area contributed by atoms with Gasteiger partial charge in [0.05, 0.1) is 16.9 Å². The fraction of sp³-hybridized carbons (Fsp3) is 0.474. The molecule has 0 bridgehead atoms. The molecule has 28 heavy (non-hydrogen) atoms. The Labute approximate surface area is 185 Å². The molecule has 9 heteroatoms. The summed E-state index contributed by atoms with van der Waals surface area (Å²) in [6.07, 6.45) is 16.6. The molecule has 0 spiro atoms. The van der Waals surface area contributed by atoms with E-state index in [9.17, 15) is 4.39 Å². The number of anilines is 1. The lowest BCUT2D eigenvalue weighted by Gasteiger charge is -2.13. The highest BCUT2D eigenvalue weighted by Crippen LogP contribution is 2.30. The Kier molecular flexibility index (Phi) is 12.9. The predicted octanol–water partition coefficient (Wildman–Crippen LogP) is 4.43. The van der Waals surface area contributed by atoms with Crippen molar-refractivity contribution in [3.05, 3.63) is 22.4 Å². The summed E-state index contributed by atoms with van der Waals surface area (Å²) in [5.41, 5.74) is 5.91. The number of thiocarbonyl (C=S) groups is 1. The van der Waals surface area contributed by atoms with Crippen molar-refractivity contribution in [1.29, 1.82) is 0 Å². The number of hydrogen-bond donors (Lipinski definition) is 4. The number of halogens is 2. The minimum atomic E-state index is -0.323. The molecule has 1 fully saturated rings. The van der Waals surface area contributed by atoms with Crippen LogP contribution in [-0.4, -0.2) is 30.6 Å². The Morgan fingerprint density at radius 3 is 2.68 bits per heavy atom. The number of rotatable bonds is 9. The summed E-state index contributed by atoms with van der Waals surface area (Å²) in [4.78, 5) is 4.13. The topological polar surface area (TPSA) is 74.5 Å². The number of hydrogen-bond acceptors (Lipinski definition) is 4. The molecule has 1 aliphatic rings. The van der Waals surface area contributed by atoms with Crippen LogP contribution in [0, 0.1) is 18.7 Å². The van der Waals surface area contributed by atoms with Crippen molar-refractivity contribution in [2.24, 2.45) is 10.7 Å². The third-order valence-corrected chi connectivity index (χ3v) is 5.99. The molecule has 154 valence electrons. The largest absolute Gasteiger partial charge is 0.390 e. The monoisotopic (exact) mass is 487 g/mol. The van der Waals surface area contributed by atoms with Gasteiger partial charge in [-0.25, -0.2) is 9.38 Å². The standard InChI is InChI=1S/C17H25BrFN5S2.C2H2/c18-13-9-16(26-24-17(25)23-11-20)14(19)10-15(13)22-8-4-3-7-21-12-5-1-2-6-12;1-2/h9-12,21-22H,1-8H2,(H3,20,23,24,25);1-2H. The van der Waals surface area contributed by atoms with E-state index in [1.54, 1.807) is 6.07 Å². The molecule has 0 heterocycles. The molecule has 0 saturated heterocycles. The van der Waals surface area contributed by atoms with Crippen molar-refractivity contribution in [2.75, 3.05) is 18.4 Å². The fourth-order valence-corrected chi connectivity index (χ4v) is 4.25. The molecule has 1 saturated carbocycles. The number of aliphatic imine (C=N–C) groups is 1. The van der Waals surface area contributed by atoms with Gasteiger partial charge in [-0.1, -0.05) is 12.8 Å². The number of nitrogens with one attached hydrogen (secondary N) is 3. The normalized spacial score (nSPS) is 13.9. The molecule has 0 atom stereocenters. The van der Waals surface area contributed by atoms with Gasteiger partial charge >= 0.3 is 0 Å². The lowest BCUT2D eigenvalue weighted by Crippen LogP contribution is -2.27. The summed E-state index contributed by atoms with van der Waals surface area (Å²) in [5, 5.41) is 7.09. The highest BCUT2D eigenvalue weighted by molar-refractivity contribution is 9.10. The zero-order valence-corrected chi connectivity index (χ0v) is 18.9. The maximum absolute atomic E-state index is 14.2. The van der Waals surface area contributed by atoms with Gasteiger partial charge in [-0.15, -0.1) is 12.8 Å². The average Bonchev–Trinajstić information content (AvgIpc) is 3.21. The molecule has 1 aliphatic carbocycles. The van der Waals surface area contributed by atoms with Gasteiger partial charge in [0.1, 0.15) is 5.82 Å². The van der Waals surface area contributed by atoms with E-state index in [1.165, 1.54) is 31.7 Å². The molecule has 0 unspecified atom stereocenters. The van der Waals surface area contributed by atoms with E-state index in [1.807, 2.05) is 0 Å². The summed E-state index contributed by atoms with van der Waals surface area (Å²) < 4.78 is 17.8. The first-order valence-corrected chi connectivity index (χ1v) is 11.1. The number of nitrogens with two attached hydrogens (primary N) is 1. The van der Waals surface area contributed by atoms with E-state index in [-0.39, 0.29) is 10.9 Å². The first-order valence-electron chi connectivity index (χ1n) is 9.11. The van der Waals surface area contributed by atoms with E-state index in [0.717, 1.165) is 54.4 Å². The number of nitrogens with zero attached hydrogens (tertiary/aromatic N) is 1. The van der Waals surface area contributed by atoms with Crippen LogP contribution < -0.4 is 21.1 Å². The summed E-state index contributed by atoms with van der Waals surface area (Å²) in [6, 6.07) is 3.92. The first kappa shape index (κ1) is 24.7. The van der Waals surface area contributed by atoms with Gasteiger partial charge in [-0.3, -0.25) is 0 Å². The van der Waals surface area contributed by atoms with Gasteiger partial charge in [-0.05, 0) is 84.5 Å². The Bertz CT molecular complexity index is 663. The number of benzene rings is 1. The van der Waals surface area contributed by atoms with E-state index < -0.39 is 0 Å². The highest BCUT2D eigenvalue weighted by atomic mass is 79.9. The molecule has 2 rings (SSSR count). The molecule has 0 radical (unpaired) electrons.